The van der Waals surface area contributed by atoms with E-state index in [0.29, 0.717) is 6.54 Å². The van der Waals surface area contributed by atoms with Gasteiger partial charge in [0.15, 0.2) is 0 Å². The van der Waals surface area contributed by atoms with Gasteiger partial charge in [0.05, 0.1) is 5.69 Å². The molecule has 20 heavy (non-hydrogen) atoms. The maximum Gasteiger partial charge on any atom is 0.269 e. The van der Waals surface area contributed by atoms with Gasteiger partial charge in [-0.3, -0.25) is 9.48 Å². The quantitative estimate of drug-likeness (QED) is 0.761. The number of phenols is 1. The molecule has 0 saturated carbocycles. The summed E-state index contributed by atoms with van der Waals surface area (Å²) in [4.78, 5) is 12.2. The van der Waals surface area contributed by atoms with Gasteiger partial charge in [0.1, 0.15) is 11.4 Å². The lowest BCUT2D eigenvalue weighted by Crippen LogP contribution is -2.24. The maximum absolute atomic E-state index is 12.2. The topological polar surface area (TPSA) is 67.2 Å². The van der Waals surface area contributed by atoms with Crippen molar-refractivity contribution in [2.24, 2.45) is 0 Å². The first kappa shape index (κ1) is 11.5. The summed E-state index contributed by atoms with van der Waals surface area (Å²) in [5.74, 6) is 0.268. The lowest BCUT2D eigenvalue weighted by atomic mass is 9.89. The van der Waals surface area contributed by atoms with Crippen molar-refractivity contribution in [1.29, 1.82) is 0 Å². The van der Waals surface area contributed by atoms with Crippen LogP contribution in [0.2, 0.25) is 0 Å². The minimum atomic E-state index is -0.0153. The Morgan fingerprint density at radius 1 is 1.30 bits per heavy atom. The summed E-state index contributed by atoms with van der Waals surface area (Å²) in [7, 11) is 0. The Kier molecular flexibility index (Phi) is 2.36. The van der Waals surface area contributed by atoms with E-state index in [1.807, 2.05) is 10.7 Å². The van der Waals surface area contributed by atoms with Crippen LogP contribution < -0.4 is 5.32 Å². The van der Waals surface area contributed by atoms with Crippen molar-refractivity contribution >= 4 is 5.91 Å². The van der Waals surface area contributed by atoms with E-state index in [0.717, 1.165) is 53.9 Å². The summed E-state index contributed by atoms with van der Waals surface area (Å²) in [6.07, 6.45) is 2.54. The van der Waals surface area contributed by atoms with Gasteiger partial charge in [0.2, 0.25) is 0 Å². The van der Waals surface area contributed by atoms with Crippen LogP contribution in [0.5, 0.6) is 5.75 Å². The van der Waals surface area contributed by atoms with Gasteiger partial charge >= 0.3 is 0 Å². The Morgan fingerprint density at radius 3 is 3.10 bits per heavy atom. The normalized spacial score (nSPS) is 16.7. The molecule has 0 atom stereocenters. The third kappa shape index (κ3) is 1.56. The highest BCUT2D eigenvalue weighted by Gasteiger charge is 2.29. The van der Waals surface area contributed by atoms with Crippen LogP contribution in [0.4, 0.5) is 0 Å². The molecule has 0 spiro atoms. The van der Waals surface area contributed by atoms with Crippen molar-refractivity contribution in [3.63, 3.8) is 0 Å². The summed E-state index contributed by atoms with van der Waals surface area (Å²) in [6.45, 7) is 1.48. The smallest absolute Gasteiger partial charge is 0.269 e. The van der Waals surface area contributed by atoms with Crippen molar-refractivity contribution in [2.45, 2.75) is 25.8 Å². The molecule has 5 nitrogen and oxygen atoms in total. The van der Waals surface area contributed by atoms with Gasteiger partial charge < -0.3 is 10.4 Å². The Morgan fingerprint density at radius 2 is 2.20 bits per heavy atom. The van der Waals surface area contributed by atoms with Crippen LogP contribution in [0.1, 0.15) is 28.0 Å². The predicted molar refractivity (Wildman–Crippen MR) is 73.7 cm³/mol. The van der Waals surface area contributed by atoms with Gasteiger partial charge in [-0.2, -0.15) is 5.10 Å². The van der Waals surface area contributed by atoms with Gasteiger partial charge in [-0.1, -0.05) is 0 Å². The summed E-state index contributed by atoms with van der Waals surface area (Å²) >= 11 is 0. The molecular formula is C15H15N3O2. The van der Waals surface area contributed by atoms with Crippen LogP contribution in [0.3, 0.4) is 0 Å². The van der Waals surface area contributed by atoms with E-state index in [-0.39, 0.29) is 11.7 Å². The van der Waals surface area contributed by atoms with Gasteiger partial charge in [-0.15, -0.1) is 0 Å². The summed E-state index contributed by atoms with van der Waals surface area (Å²) in [6, 6.07) is 5.37. The lowest BCUT2D eigenvalue weighted by Gasteiger charge is -2.16. The van der Waals surface area contributed by atoms with Crippen LogP contribution >= 0.6 is 0 Å². The fourth-order valence-corrected chi connectivity index (χ4v) is 3.16. The molecule has 1 aromatic carbocycles. The minimum absolute atomic E-state index is 0.0153. The molecule has 2 heterocycles. The van der Waals surface area contributed by atoms with Crippen molar-refractivity contribution in [2.75, 3.05) is 6.54 Å². The number of phenolic OH excluding ortho intramolecular Hbond substituents is 1. The number of hydrogen-bond donors (Lipinski definition) is 2. The van der Waals surface area contributed by atoms with E-state index in [2.05, 4.69) is 10.4 Å². The van der Waals surface area contributed by atoms with E-state index in [9.17, 15) is 9.90 Å². The third-order valence-electron chi connectivity index (χ3n) is 4.09. The Bertz CT molecular complexity index is 718. The Hall–Kier alpha value is -2.30. The second kappa shape index (κ2) is 4.10. The zero-order valence-corrected chi connectivity index (χ0v) is 11.0. The molecule has 1 amide bonds. The van der Waals surface area contributed by atoms with Crippen molar-refractivity contribution < 1.29 is 9.90 Å². The molecule has 0 unspecified atom stereocenters. The first-order chi connectivity index (χ1) is 9.74. The molecule has 0 radical (unpaired) electrons. The average molecular weight is 269 g/mol. The van der Waals surface area contributed by atoms with E-state index in [1.165, 1.54) is 0 Å². The van der Waals surface area contributed by atoms with Crippen LogP contribution in [0.25, 0.3) is 11.3 Å². The fourth-order valence-electron chi connectivity index (χ4n) is 3.16. The lowest BCUT2D eigenvalue weighted by molar-refractivity contribution is 0.0949. The molecule has 5 heteroatoms. The van der Waals surface area contributed by atoms with Gasteiger partial charge in [-0.25, -0.2) is 0 Å². The molecular weight excluding hydrogens is 254 g/mol. The number of aromatic hydroxyl groups is 1. The van der Waals surface area contributed by atoms with Crippen molar-refractivity contribution in [1.82, 2.24) is 15.1 Å². The number of fused-ring (bicyclic) bond motifs is 5. The number of amides is 1. The number of aromatic nitrogens is 2. The Balaban J connectivity index is 1.93. The predicted octanol–water partition coefficient (Wildman–Crippen LogP) is 1.49. The highest BCUT2D eigenvalue weighted by Crippen LogP contribution is 2.36. The van der Waals surface area contributed by atoms with Crippen molar-refractivity contribution in [3.05, 3.63) is 35.0 Å². The molecule has 4 rings (SSSR count). The first-order valence-corrected chi connectivity index (χ1v) is 6.94. The molecule has 0 saturated heterocycles. The van der Waals surface area contributed by atoms with E-state index < -0.39 is 0 Å². The first-order valence-electron chi connectivity index (χ1n) is 6.94. The summed E-state index contributed by atoms with van der Waals surface area (Å²) < 4.78 is 1.84. The number of carbonyl (C=O) groups is 1. The number of benzene rings is 1. The standard InChI is InChI=1S/C15H15N3O2/c19-10-3-5-11-9(8-10)2-4-12-13(11)17-18-7-1-6-16-15(20)14(12)18/h3,5,8,19H,1-2,4,6-7H2,(H,16,20). The van der Waals surface area contributed by atoms with Crippen LogP contribution in [0, 0.1) is 0 Å². The second-order valence-corrected chi connectivity index (χ2v) is 5.35. The van der Waals surface area contributed by atoms with Crippen LogP contribution in [-0.2, 0) is 19.4 Å². The van der Waals surface area contributed by atoms with Crippen LogP contribution in [0.15, 0.2) is 18.2 Å². The van der Waals surface area contributed by atoms with E-state index in [1.54, 1.807) is 12.1 Å². The van der Waals surface area contributed by atoms with E-state index >= 15 is 0 Å². The highest BCUT2D eigenvalue weighted by molar-refractivity contribution is 5.96. The van der Waals surface area contributed by atoms with E-state index in [4.69, 9.17) is 0 Å². The number of hydrogen-bond acceptors (Lipinski definition) is 3. The number of aryl methyl sites for hydroxylation is 2. The third-order valence-corrected chi connectivity index (χ3v) is 4.09. The SMILES string of the molecule is O=C1NCCCn2nc3c(c21)CCc1cc(O)ccc1-3. The molecule has 2 aliphatic rings. The summed E-state index contributed by atoms with van der Waals surface area (Å²) in [5, 5.41) is 17.2. The number of nitrogens with zero attached hydrogens (tertiary/aromatic N) is 2. The number of rotatable bonds is 0. The van der Waals surface area contributed by atoms with Gasteiger partial charge in [-0.05, 0) is 43.0 Å². The molecule has 1 aliphatic carbocycles. The highest BCUT2D eigenvalue weighted by atomic mass is 16.3. The molecule has 1 aromatic heterocycles. The molecule has 0 bridgehead atoms. The van der Waals surface area contributed by atoms with Crippen LogP contribution in [-0.4, -0.2) is 27.3 Å². The molecule has 0 fully saturated rings. The zero-order chi connectivity index (χ0) is 13.7. The molecule has 102 valence electrons. The molecule has 1 aliphatic heterocycles. The monoisotopic (exact) mass is 269 g/mol. The maximum atomic E-state index is 12.2. The number of carbonyl (C=O) groups excluding carboxylic acids is 1. The largest absolute Gasteiger partial charge is 0.508 e. The Labute approximate surface area is 116 Å². The number of nitrogens with one attached hydrogen (secondary N) is 1. The molecule has 2 aromatic rings. The summed E-state index contributed by atoms with van der Waals surface area (Å²) in [5.41, 5.74) is 4.81. The van der Waals surface area contributed by atoms with Gasteiger partial charge in [0.25, 0.3) is 5.91 Å². The van der Waals surface area contributed by atoms with Gasteiger partial charge in [0, 0.05) is 24.2 Å². The molecule has 2 N–H and O–H groups in total. The second-order valence-electron chi connectivity index (χ2n) is 5.35. The minimum Gasteiger partial charge on any atom is -0.508 e. The van der Waals surface area contributed by atoms with Crippen molar-refractivity contribution in [3.8, 4) is 17.0 Å². The zero-order valence-electron chi connectivity index (χ0n) is 11.0. The fraction of sp³-hybridized carbons (Fsp3) is 0.333. The average Bonchev–Trinajstić information content (AvgIpc) is 2.72.